The van der Waals surface area contributed by atoms with E-state index in [2.05, 4.69) is 63.1 Å². The van der Waals surface area contributed by atoms with E-state index in [1.54, 1.807) is 54.6 Å². The number of aliphatic hydroxyl groups is 3. The molecular formula is C73H93ClFN15O21. The van der Waals surface area contributed by atoms with E-state index in [0.717, 1.165) is 43.5 Å². The third kappa shape index (κ3) is 25.5. The zero-order valence-corrected chi connectivity index (χ0v) is 62.3. The maximum Gasteiger partial charge on any atom is 0.407 e. The number of carboxylic acid groups (broad SMARTS) is 2. The average Bonchev–Trinajstić information content (AvgIpc) is 1.69. The predicted molar refractivity (Wildman–Crippen MR) is 393 cm³/mol. The van der Waals surface area contributed by atoms with Gasteiger partial charge < -0.3 is 110 Å². The number of amides is 12. The van der Waals surface area contributed by atoms with Crippen molar-refractivity contribution in [3.63, 3.8) is 0 Å². The number of hydrogen-bond donors (Lipinski definition) is 18. The molecule has 12 atom stereocenters. The minimum Gasteiger partial charge on any atom is -0.497 e. The van der Waals surface area contributed by atoms with Crippen molar-refractivity contribution in [1.82, 2.24) is 68.0 Å². The molecule has 36 nitrogen and oxygen atoms in total. The standard InChI is InChI=1S/C73H93ClFN15O21/c1-7-41-28-46(110-6)21-22-47(41)42-19-17-40(18-20-42)27-52(63(101)84-54(61(77)99)33-80-71(109)111-36-44-14-8-10-15-48(44)74)82-64(102)53(30-58(97)98)83-65(103)55(35-91)85-66(104)59(38(2)92)88-69(107)72(4,31-43-13-9-11-16-49(43)75)89-67(105)60(39(3)93)87-56(94)34-79-62(100)51(23-24-57(95)96)86-70(108)73(5)25-12-26-90(73)68(106)50(76)29-45-32-78-37-81-45/h8-11,13-22,28,32,37-39,50-55,59-60,91-93H,7,12,23-27,29-31,33-36,76H2,1-6H3,(H2,77,99)(H,78,81)(H,79,100)(H,80,109)(H,82,102)(H,83,103)(H,84,101)(H,85,104)(H,86,108)(H,87,94)(H,88,107)(H,89,105)(H,95,96)(H,97,98)/t38-,39-,50+,51+,52+,53+,54+,55+,59+,60+,72+,73+/m1/s1. The third-order valence-electron chi connectivity index (χ3n) is 18.2. The molecular weight excluding hydrogens is 1480 g/mol. The van der Waals surface area contributed by atoms with E-state index >= 15 is 4.39 Å². The second kappa shape index (κ2) is 41.2. The topological polar surface area (TPSA) is 563 Å². The Labute approximate surface area is 641 Å². The molecule has 0 unspecified atom stereocenters. The van der Waals surface area contributed by atoms with Crippen LogP contribution in [-0.2, 0) is 99.4 Å². The first kappa shape index (κ1) is 88.2. The first-order chi connectivity index (χ1) is 52.5. The molecule has 0 radical (unpaired) electrons. The van der Waals surface area contributed by atoms with Gasteiger partial charge in [0.25, 0.3) is 0 Å². The summed E-state index contributed by atoms with van der Waals surface area (Å²) in [5.74, 6) is -16.4. The maximum atomic E-state index is 15.5. The monoisotopic (exact) mass is 1570 g/mol. The van der Waals surface area contributed by atoms with Gasteiger partial charge in [-0.3, -0.25) is 62.3 Å². The van der Waals surface area contributed by atoms with Crippen LogP contribution in [0.25, 0.3) is 11.1 Å². The number of alkyl carbamates (subject to hydrolysis) is 1. The SMILES string of the molecule is CCc1cc(OC)ccc1-c1ccc(C[C@H](NC(=O)[C@H](CC(=O)O)NC(=O)[C@H](CO)NC(=O)[C@@H](NC(=O)[C@](C)(Cc2ccccc2F)NC(=O)[C@@H](NC(=O)CNC(=O)[C@H](CCC(=O)O)NC(=O)[C@]2(C)CCCN2C(=O)[C@@H](N)Cc2cnc[nH]2)[C@@H](C)O)[C@@H](C)O)C(=O)N[C@@H](CNC(=O)OCc2ccccc2Cl)C(N)=O)cc1. The van der Waals surface area contributed by atoms with E-state index < -0.39 is 206 Å². The fourth-order valence-corrected chi connectivity index (χ4v) is 12.1. The second-order valence-corrected chi connectivity index (χ2v) is 27.2. The zero-order valence-electron chi connectivity index (χ0n) is 61.6. The number of hydrogen-bond acceptors (Lipinski definition) is 21. The molecule has 0 aliphatic carbocycles. The van der Waals surface area contributed by atoms with Gasteiger partial charge in [-0.05, 0) is 105 Å². The number of nitrogens with two attached hydrogens (primary N) is 2. The van der Waals surface area contributed by atoms with E-state index in [9.17, 15) is 92.7 Å². The van der Waals surface area contributed by atoms with Gasteiger partial charge in [-0.25, -0.2) is 14.2 Å². The number of imidazole rings is 1. The van der Waals surface area contributed by atoms with Gasteiger partial charge >= 0.3 is 18.0 Å². The number of carbonyl (C=O) groups is 14. The van der Waals surface area contributed by atoms with Crippen LogP contribution in [-0.4, -0.2) is 228 Å². The number of primary amides is 1. The summed E-state index contributed by atoms with van der Waals surface area (Å²) in [6.07, 6.45) is -4.36. The predicted octanol–water partition coefficient (Wildman–Crippen LogP) is -1.93. The number of H-pyrrole nitrogens is 1. The molecule has 38 heteroatoms. The van der Waals surface area contributed by atoms with Crippen LogP contribution in [0, 0.1) is 5.82 Å². The van der Waals surface area contributed by atoms with E-state index in [1.165, 1.54) is 49.7 Å². The Hall–Kier alpha value is -11.7. The van der Waals surface area contributed by atoms with Gasteiger partial charge in [0.15, 0.2) is 0 Å². The number of aromatic amines is 1. The van der Waals surface area contributed by atoms with Crippen LogP contribution in [0.15, 0.2) is 104 Å². The summed E-state index contributed by atoms with van der Waals surface area (Å²) in [5, 5.41) is 75.1. The van der Waals surface area contributed by atoms with Gasteiger partial charge in [0.05, 0.1) is 57.8 Å². The summed E-state index contributed by atoms with van der Waals surface area (Å²) in [4.78, 5) is 199. The molecule has 12 amide bonds. The number of nitrogens with zero attached hydrogens (tertiary/aromatic N) is 2. The number of aromatic nitrogens is 2. The fourth-order valence-electron chi connectivity index (χ4n) is 11.9. The molecule has 0 saturated carbocycles. The van der Waals surface area contributed by atoms with Gasteiger partial charge in [0, 0.05) is 54.7 Å². The van der Waals surface area contributed by atoms with Crippen molar-refractivity contribution in [3.8, 4) is 16.9 Å². The van der Waals surface area contributed by atoms with Gasteiger partial charge in [0.1, 0.15) is 71.5 Å². The first-order valence-electron chi connectivity index (χ1n) is 35.1. The van der Waals surface area contributed by atoms with Gasteiger partial charge in [-0.15, -0.1) is 0 Å². The Balaban J connectivity index is 1.16. The molecule has 600 valence electrons. The van der Waals surface area contributed by atoms with Gasteiger partial charge in [-0.1, -0.05) is 85.3 Å². The summed E-state index contributed by atoms with van der Waals surface area (Å²) in [6.45, 7) is 3.29. The zero-order chi connectivity index (χ0) is 82.0. The van der Waals surface area contributed by atoms with Crippen LogP contribution in [0.5, 0.6) is 5.75 Å². The Morgan fingerprint density at radius 3 is 1.95 bits per heavy atom. The summed E-state index contributed by atoms with van der Waals surface area (Å²) in [7, 11) is 1.52. The van der Waals surface area contributed by atoms with Crippen molar-refractivity contribution in [2.75, 3.05) is 33.4 Å². The maximum absolute atomic E-state index is 15.5. The molecule has 4 aromatic carbocycles. The van der Waals surface area contributed by atoms with Crippen LogP contribution < -0.4 is 69.4 Å². The largest absolute Gasteiger partial charge is 0.497 e. The summed E-state index contributed by atoms with van der Waals surface area (Å²) < 4.78 is 26.1. The van der Waals surface area contributed by atoms with Crippen molar-refractivity contribution >= 4 is 94.6 Å². The lowest BCUT2D eigenvalue weighted by Crippen LogP contribution is -2.67. The van der Waals surface area contributed by atoms with E-state index in [0.29, 0.717) is 35.4 Å². The number of aliphatic carboxylic acids is 2. The summed E-state index contributed by atoms with van der Waals surface area (Å²) in [5.41, 5.74) is 11.5. The number of halogens is 2. The highest BCUT2D eigenvalue weighted by Crippen LogP contribution is 2.32. The van der Waals surface area contributed by atoms with E-state index in [-0.39, 0.29) is 43.0 Å². The molecule has 1 fully saturated rings. The number of rotatable bonds is 41. The number of methoxy groups -OCH3 is 1. The number of nitrogens with one attached hydrogen (secondary N) is 11. The molecule has 1 aromatic heterocycles. The molecule has 0 bridgehead atoms. The molecule has 1 aliphatic heterocycles. The number of carboxylic acids is 2. The number of aliphatic hydroxyl groups excluding tert-OH is 3. The van der Waals surface area contributed by atoms with Gasteiger partial charge in [-0.2, -0.15) is 0 Å². The Morgan fingerprint density at radius 2 is 1.34 bits per heavy atom. The van der Waals surface area contributed by atoms with E-state index in [1.807, 2.05) is 19.1 Å². The number of benzene rings is 4. The van der Waals surface area contributed by atoms with Crippen molar-refractivity contribution in [1.29, 1.82) is 0 Å². The van der Waals surface area contributed by atoms with Crippen LogP contribution in [0.2, 0.25) is 5.02 Å². The van der Waals surface area contributed by atoms with Crippen molar-refractivity contribution < 1.29 is 107 Å². The van der Waals surface area contributed by atoms with Crippen LogP contribution in [0.3, 0.4) is 0 Å². The smallest absolute Gasteiger partial charge is 0.407 e. The summed E-state index contributed by atoms with van der Waals surface area (Å²) >= 11 is 6.17. The highest BCUT2D eigenvalue weighted by molar-refractivity contribution is 6.31. The molecule has 0 spiro atoms. The van der Waals surface area contributed by atoms with Crippen LogP contribution in [0.1, 0.15) is 94.7 Å². The molecule has 5 aromatic rings. The second-order valence-electron chi connectivity index (χ2n) is 26.8. The highest BCUT2D eigenvalue weighted by atomic mass is 35.5. The Bertz CT molecular complexity index is 4180. The third-order valence-corrected chi connectivity index (χ3v) is 18.6. The number of aryl methyl sites for hydroxylation is 1. The first-order valence-corrected chi connectivity index (χ1v) is 35.5. The number of carbonyl (C=O) groups excluding carboxylic acids is 12. The van der Waals surface area contributed by atoms with Crippen molar-refractivity contribution in [3.05, 3.63) is 142 Å². The minimum atomic E-state index is -2.45. The van der Waals surface area contributed by atoms with Gasteiger partial charge in [0.2, 0.25) is 65.0 Å². The lowest BCUT2D eigenvalue weighted by atomic mass is 9.90. The average molecular weight is 1570 g/mol. The molecule has 1 aliphatic rings. The van der Waals surface area contributed by atoms with E-state index in [4.69, 9.17) is 32.5 Å². The Morgan fingerprint density at radius 1 is 0.721 bits per heavy atom. The quantitative estimate of drug-likeness (QED) is 0.0203. The fraction of sp³-hybridized carbons (Fsp3) is 0.438. The van der Waals surface area contributed by atoms with Crippen LogP contribution >= 0.6 is 11.6 Å². The summed E-state index contributed by atoms with van der Waals surface area (Å²) in [6, 6.07) is 8.85. The minimum absolute atomic E-state index is 0.0470. The molecule has 6 rings (SSSR count). The molecule has 2 heterocycles. The van der Waals surface area contributed by atoms with Crippen LogP contribution in [0.4, 0.5) is 9.18 Å². The van der Waals surface area contributed by atoms with Crippen molar-refractivity contribution in [2.45, 2.75) is 171 Å². The lowest BCUT2D eigenvalue weighted by Gasteiger charge is -2.36. The Kier molecular flexibility index (Phi) is 32.8. The normalized spacial score (nSPS) is 16.4. The van der Waals surface area contributed by atoms with Crippen molar-refractivity contribution in [2.24, 2.45) is 11.5 Å². The molecule has 20 N–H and O–H groups in total. The number of likely N-dealkylation sites (tertiary alicyclic amines) is 1. The molecule has 111 heavy (non-hydrogen) atoms. The molecule has 1 saturated heterocycles. The highest BCUT2D eigenvalue weighted by Gasteiger charge is 2.48. The number of ether oxygens (including phenoxy) is 2. The lowest BCUT2D eigenvalue weighted by molar-refractivity contribution is -0.146.